The largest absolute Gasteiger partial charge is 0.454 e. The molecule has 10 nitrogen and oxygen atoms in total. The van der Waals surface area contributed by atoms with E-state index in [4.69, 9.17) is 9.47 Å². The first-order valence-electron chi connectivity index (χ1n) is 8.51. The van der Waals surface area contributed by atoms with E-state index in [0.717, 1.165) is 17.7 Å². The lowest BCUT2D eigenvalue weighted by atomic mass is 9.91. The molecule has 27 heavy (non-hydrogen) atoms. The van der Waals surface area contributed by atoms with Gasteiger partial charge in [0, 0.05) is 6.04 Å². The number of nitrogens with zero attached hydrogens (tertiary/aromatic N) is 1. The first-order chi connectivity index (χ1) is 12.9. The van der Waals surface area contributed by atoms with Gasteiger partial charge in [0.1, 0.15) is 12.1 Å². The number of imide groups is 2. The van der Waals surface area contributed by atoms with Gasteiger partial charge in [0.05, 0.1) is 0 Å². The number of ether oxygens (including phenoxy) is 2. The Morgan fingerprint density at radius 3 is 2.74 bits per heavy atom. The van der Waals surface area contributed by atoms with Crippen LogP contribution >= 0.6 is 0 Å². The number of carbonyl (C=O) groups excluding carboxylic acids is 4. The Morgan fingerprint density at radius 2 is 2.00 bits per heavy atom. The summed E-state index contributed by atoms with van der Waals surface area (Å²) in [5.74, 6) is -0.309. The average Bonchev–Trinajstić information content (AvgIpc) is 3.25. The summed E-state index contributed by atoms with van der Waals surface area (Å²) >= 11 is 0. The van der Waals surface area contributed by atoms with E-state index in [2.05, 4.69) is 16.0 Å². The fourth-order valence-electron chi connectivity index (χ4n) is 3.00. The standard InChI is InChI=1S/C17H18N4O6/c1-17(9-2-5-11-12(6-9)27-8-26-11)14(23)21(16(25)20-17)7-13(22)19-15(24)18-10-3-4-10/h2,5-6,10H,3-4,7-8H2,1H3,(H,20,25)(H2,18,19,22,24)/t17-/m1/s1. The van der Waals surface area contributed by atoms with Gasteiger partial charge < -0.3 is 20.1 Å². The highest BCUT2D eigenvalue weighted by Crippen LogP contribution is 2.37. The molecular weight excluding hydrogens is 356 g/mol. The van der Waals surface area contributed by atoms with Gasteiger partial charge >= 0.3 is 12.1 Å². The van der Waals surface area contributed by atoms with Gasteiger partial charge in [-0.05, 0) is 37.5 Å². The summed E-state index contributed by atoms with van der Waals surface area (Å²) in [6, 6.07) is 3.67. The molecule has 0 bridgehead atoms. The summed E-state index contributed by atoms with van der Waals surface area (Å²) < 4.78 is 10.6. The van der Waals surface area contributed by atoms with Gasteiger partial charge in [-0.1, -0.05) is 6.07 Å². The van der Waals surface area contributed by atoms with Crippen molar-refractivity contribution in [1.82, 2.24) is 20.9 Å². The lowest BCUT2D eigenvalue weighted by molar-refractivity contribution is -0.134. The van der Waals surface area contributed by atoms with Crippen LogP contribution in [0.4, 0.5) is 9.59 Å². The topological polar surface area (TPSA) is 126 Å². The van der Waals surface area contributed by atoms with Gasteiger partial charge in [0.15, 0.2) is 11.5 Å². The molecule has 4 rings (SSSR count). The minimum absolute atomic E-state index is 0.0869. The van der Waals surface area contributed by atoms with E-state index in [0.29, 0.717) is 17.1 Å². The maximum Gasteiger partial charge on any atom is 0.325 e. The second-order valence-corrected chi connectivity index (χ2v) is 6.81. The highest BCUT2D eigenvalue weighted by Gasteiger charge is 2.50. The van der Waals surface area contributed by atoms with Crippen molar-refractivity contribution in [3.05, 3.63) is 23.8 Å². The molecule has 2 heterocycles. The molecule has 3 aliphatic rings. The highest BCUT2D eigenvalue weighted by atomic mass is 16.7. The van der Waals surface area contributed by atoms with Gasteiger partial charge in [0.25, 0.3) is 5.91 Å². The minimum atomic E-state index is -1.35. The van der Waals surface area contributed by atoms with Crippen LogP contribution in [0.15, 0.2) is 18.2 Å². The van der Waals surface area contributed by atoms with Crippen LogP contribution in [0.25, 0.3) is 0 Å². The van der Waals surface area contributed by atoms with Crippen LogP contribution < -0.4 is 25.4 Å². The Kier molecular flexibility index (Phi) is 3.90. The molecule has 3 N–H and O–H groups in total. The SMILES string of the molecule is C[C@]1(c2ccc3c(c2)OCO3)NC(=O)N(CC(=O)NC(=O)NC2CC2)C1=O. The molecule has 2 aliphatic heterocycles. The monoisotopic (exact) mass is 374 g/mol. The number of benzene rings is 1. The van der Waals surface area contributed by atoms with Crippen molar-refractivity contribution in [2.45, 2.75) is 31.3 Å². The van der Waals surface area contributed by atoms with E-state index >= 15 is 0 Å². The molecule has 1 aromatic rings. The second kappa shape index (κ2) is 6.15. The summed E-state index contributed by atoms with van der Waals surface area (Å²) in [6.45, 7) is 1.08. The third-order valence-corrected chi connectivity index (χ3v) is 4.69. The summed E-state index contributed by atoms with van der Waals surface area (Å²) in [7, 11) is 0. The number of hydrogen-bond acceptors (Lipinski definition) is 6. The summed E-state index contributed by atoms with van der Waals surface area (Å²) in [6.07, 6.45) is 1.75. The maximum absolute atomic E-state index is 12.8. The average molecular weight is 374 g/mol. The molecule has 1 aromatic carbocycles. The summed E-state index contributed by atoms with van der Waals surface area (Å²) in [4.78, 5) is 49.5. The van der Waals surface area contributed by atoms with Crippen LogP contribution in [-0.2, 0) is 15.1 Å². The van der Waals surface area contributed by atoms with E-state index in [1.54, 1.807) is 25.1 Å². The van der Waals surface area contributed by atoms with Crippen LogP contribution in [0.3, 0.4) is 0 Å². The molecule has 0 spiro atoms. The Labute approximate surface area is 154 Å². The second-order valence-electron chi connectivity index (χ2n) is 6.81. The smallest absolute Gasteiger partial charge is 0.325 e. The van der Waals surface area contributed by atoms with Gasteiger partial charge in [0.2, 0.25) is 12.7 Å². The molecular formula is C17H18N4O6. The number of hydrogen-bond donors (Lipinski definition) is 3. The van der Waals surface area contributed by atoms with E-state index in [1.807, 2.05) is 0 Å². The number of nitrogens with one attached hydrogen (secondary N) is 3. The summed E-state index contributed by atoms with van der Waals surface area (Å²) in [5.41, 5.74) is -0.853. The Hall–Kier alpha value is -3.30. The fraction of sp³-hybridized carbons (Fsp3) is 0.412. The molecule has 6 amide bonds. The zero-order chi connectivity index (χ0) is 19.2. The Bertz CT molecular complexity index is 852. The first kappa shape index (κ1) is 17.1. The van der Waals surface area contributed by atoms with Crippen LogP contribution in [0.2, 0.25) is 0 Å². The van der Waals surface area contributed by atoms with Crippen molar-refractivity contribution >= 4 is 23.9 Å². The van der Waals surface area contributed by atoms with Crippen LogP contribution in [-0.4, -0.2) is 48.2 Å². The van der Waals surface area contributed by atoms with Crippen molar-refractivity contribution in [2.75, 3.05) is 13.3 Å². The predicted octanol–water partition coefficient (Wildman–Crippen LogP) is 0.170. The number of amides is 6. The zero-order valence-electron chi connectivity index (χ0n) is 14.5. The summed E-state index contributed by atoms with van der Waals surface area (Å²) in [5, 5.41) is 7.32. The molecule has 10 heteroatoms. The highest BCUT2D eigenvalue weighted by molar-refractivity contribution is 6.10. The Morgan fingerprint density at radius 1 is 1.26 bits per heavy atom. The van der Waals surface area contributed by atoms with Crippen molar-refractivity contribution in [2.24, 2.45) is 0 Å². The normalized spacial score (nSPS) is 23.2. The van der Waals surface area contributed by atoms with Crippen molar-refractivity contribution in [3.63, 3.8) is 0 Å². The molecule has 1 atom stereocenters. The molecule has 1 saturated heterocycles. The zero-order valence-corrected chi connectivity index (χ0v) is 14.5. The molecule has 0 unspecified atom stereocenters. The number of fused-ring (bicyclic) bond motifs is 1. The van der Waals surface area contributed by atoms with Crippen molar-refractivity contribution < 1.29 is 28.7 Å². The third-order valence-electron chi connectivity index (χ3n) is 4.69. The molecule has 2 fully saturated rings. The van der Waals surface area contributed by atoms with Gasteiger partial charge in [-0.2, -0.15) is 0 Å². The van der Waals surface area contributed by atoms with Crippen molar-refractivity contribution in [3.8, 4) is 11.5 Å². The van der Waals surface area contributed by atoms with E-state index in [-0.39, 0.29) is 12.8 Å². The first-order valence-corrected chi connectivity index (χ1v) is 8.51. The molecule has 142 valence electrons. The van der Waals surface area contributed by atoms with Gasteiger partial charge in [-0.3, -0.25) is 19.8 Å². The number of carbonyl (C=O) groups is 4. The van der Waals surface area contributed by atoms with E-state index in [9.17, 15) is 19.2 Å². The van der Waals surface area contributed by atoms with Gasteiger partial charge in [-0.15, -0.1) is 0 Å². The van der Waals surface area contributed by atoms with E-state index < -0.39 is 36.0 Å². The van der Waals surface area contributed by atoms with Crippen LogP contribution in [0.1, 0.15) is 25.3 Å². The quantitative estimate of drug-likeness (QED) is 0.645. The molecule has 0 radical (unpaired) electrons. The number of urea groups is 2. The van der Waals surface area contributed by atoms with Crippen LogP contribution in [0.5, 0.6) is 11.5 Å². The Balaban J connectivity index is 1.46. The molecule has 1 saturated carbocycles. The fourth-order valence-corrected chi connectivity index (χ4v) is 3.00. The number of rotatable bonds is 4. The lowest BCUT2D eigenvalue weighted by Crippen LogP contribution is -2.47. The molecule has 0 aromatic heterocycles. The predicted molar refractivity (Wildman–Crippen MR) is 89.9 cm³/mol. The van der Waals surface area contributed by atoms with E-state index in [1.165, 1.54) is 0 Å². The lowest BCUT2D eigenvalue weighted by Gasteiger charge is -2.22. The van der Waals surface area contributed by atoms with Crippen LogP contribution in [0, 0.1) is 0 Å². The maximum atomic E-state index is 12.8. The van der Waals surface area contributed by atoms with Crippen molar-refractivity contribution in [1.29, 1.82) is 0 Å². The van der Waals surface area contributed by atoms with Gasteiger partial charge in [-0.25, -0.2) is 9.59 Å². The minimum Gasteiger partial charge on any atom is -0.454 e. The molecule has 1 aliphatic carbocycles. The third kappa shape index (κ3) is 3.14.